The number of nitrogens with zero attached hydrogens (tertiary/aromatic N) is 2. The Balaban J connectivity index is 2.34. The van der Waals surface area contributed by atoms with Crippen LogP contribution < -0.4 is 0 Å². The summed E-state index contributed by atoms with van der Waals surface area (Å²) >= 11 is 0. The molecular weight excluding hydrogens is 248 g/mol. The van der Waals surface area contributed by atoms with Gasteiger partial charge < -0.3 is 13.9 Å². The SMILES string of the molecule is CC(C)(C)c1nnc(C(CC(=O)O)c2ccco2)o1. The molecule has 19 heavy (non-hydrogen) atoms. The van der Waals surface area contributed by atoms with E-state index in [2.05, 4.69) is 10.2 Å². The van der Waals surface area contributed by atoms with Crippen LogP contribution in [-0.2, 0) is 10.2 Å². The largest absolute Gasteiger partial charge is 0.481 e. The molecule has 0 aromatic carbocycles. The van der Waals surface area contributed by atoms with Gasteiger partial charge in [0, 0.05) is 5.41 Å². The summed E-state index contributed by atoms with van der Waals surface area (Å²) in [6.07, 6.45) is 1.34. The van der Waals surface area contributed by atoms with Crippen LogP contribution in [-0.4, -0.2) is 21.3 Å². The van der Waals surface area contributed by atoms with Gasteiger partial charge in [0.25, 0.3) is 0 Å². The number of carboxylic acids is 1. The van der Waals surface area contributed by atoms with Crippen LogP contribution in [0.25, 0.3) is 0 Å². The topological polar surface area (TPSA) is 89.4 Å². The van der Waals surface area contributed by atoms with Gasteiger partial charge in [0.2, 0.25) is 11.8 Å². The zero-order valence-corrected chi connectivity index (χ0v) is 11.1. The van der Waals surface area contributed by atoms with Crippen molar-refractivity contribution >= 4 is 5.97 Å². The standard InChI is InChI=1S/C13H16N2O4/c1-13(2,3)12-15-14-11(19-12)8(7-10(16)17)9-5-4-6-18-9/h4-6,8H,7H2,1-3H3,(H,16,17). The van der Waals surface area contributed by atoms with Crippen LogP contribution in [0, 0.1) is 0 Å². The molecule has 2 aromatic rings. The van der Waals surface area contributed by atoms with Gasteiger partial charge in [-0.3, -0.25) is 4.79 Å². The number of furan rings is 1. The van der Waals surface area contributed by atoms with Gasteiger partial charge in [-0.1, -0.05) is 20.8 Å². The van der Waals surface area contributed by atoms with E-state index in [-0.39, 0.29) is 17.7 Å². The van der Waals surface area contributed by atoms with E-state index in [1.165, 1.54) is 6.26 Å². The maximum atomic E-state index is 11.0. The minimum atomic E-state index is -0.947. The number of aromatic nitrogens is 2. The number of hydrogen-bond donors (Lipinski definition) is 1. The highest BCUT2D eigenvalue weighted by atomic mass is 16.4. The monoisotopic (exact) mass is 264 g/mol. The molecule has 0 aliphatic rings. The van der Waals surface area contributed by atoms with E-state index in [4.69, 9.17) is 13.9 Å². The third kappa shape index (κ3) is 3.01. The van der Waals surface area contributed by atoms with Gasteiger partial charge in [-0.15, -0.1) is 10.2 Å². The van der Waals surface area contributed by atoms with E-state index in [0.29, 0.717) is 11.7 Å². The summed E-state index contributed by atoms with van der Waals surface area (Å²) in [5.74, 6) is -0.258. The molecule has 1 N–H and O–H groups in total. The maximum absolute atomic E-state index is 11.0. The van der Waals surface area contributed by atoms with Crippen LogP contribution in [0.15, 0.2) is 27.2 Å². The zero-order chi connectivity index (χ0) is 14.0. The zero-order valence-electron chi connectivity index (χ0n) is 11.1. The lowest BCUT2D eigenvalue weighted by atomic mass is 9.97. The van der Waals surface area contributed by atoms with E-state index in [9.17, 15) is 4.79 Å². The van der Waals surface area contributed by atoms with Crippen LogP contribution in [0.2, 0.25) is 0 Å². The summed E-state index contributed by atoms with van der Waals surface area (Å²) < 4.78 is 10.8. The fourth-order valence-electron chi connectivity index (χ4n) is 1.65. The molecule has 0 fully saturated rings. The first-order valence-corrected chi connectivity index (χ1v) is 5.97. The van der Waals surface area contributed by atoms with Crippen molar-refractivity contribution in [3.63, 3.8) is 0 Å². The number of carbonyl (C=O) groups is 1. The van der Waals surface area contributed by atoms with E-state index >= 15 is 0 Å². The quantitative estimate of drug-likeness (QED) is 0.912. The Hall–Kier alpha value is -2.11. The van der Waals surface area contributed by atoms with E-state index in [0.717, 1.165) is 0 Å². The van der Waals surface area contributed by atoms with Crippen LogP contribution in [0.4, 0.5) is 0 Å². The van der Waals surface area contributed by atoms with Gasteiger partial charge in [-0.2, -0.15) is 0 Å². The number of rotatable bonds is 4. The molecule has 1 atom stereocenters. The summed E-state index contributed by atoms with van der Waals surface area (Å²) in [5.41, 5.74) is -0.276. The first-order chi connectivity index (χ1) is 8.88. The molecule has 0 bridgehead atoms. The lowest BCUT2D eigenvalue weighted by Crippen LogP contribution is -2.11. The predicted octanol–water partition coefficient (Wildman–Crippen LogP) is 2.57. The lowest BCUT2D eigenvalue weighted by molar-refractivity contribution is -0.137. The molecule has 2 heterocycles. The smallest absolute Gasteiger partial charge is 0.304 e. The van der Waals surface area contributed by atoms with Crippen molar-refractivity contribution in [2.45, 2.75) is 38.5 Å². The van der Waals surface area contributed by atoms with Crippen molar-refractivity contribution in [3.05, 3.63) is 35.9 Å². The minimum Gasteiger partial charge on any atom is -0.481 e. The van der Waals surface area contributed by atoms with Gasteiger partial charge in [0.15, 0.2) is 0 Å². The first kappa shape index (κ1) is 13.3. The molecule has 6 heteroatoms. The molecule has 1 unspecified atom stereocenters. The van der Waals surface area contributed by atoms with Crippen molar-refractivity contribution in [2.75, 3.05) is 0 Å². The van der Waals surface area contributed by atoms with Crippen LogP contribution in [0.3, 0.4) is 0 Å². The molecule has 2 aromatic heterocycles. The normalized spacial score (nSPS) is 13.4. The second-order valence-corrected chi connectivity index (χ2v) is 5.36. The highest BCUT2D eigenvalue weighted by molar-refractivity contribution is 5.68. The second-order valence-electron chi connectivity index (χ2n) is 5.36. The first-order valence-electron chi connectivity index (χ1n) is 5.97. The Labute approximate surface area is 110 Å². The Morgan fingerprint density at radius 2 is 2.16 bits per heavy atom. The second kappa shape index (κ2) is 4.87. The molecule has 2 rings (SSSR count). The summed E-state index contributed by atoms with van der Waals surface area (Å²) in [5, 5.41) is 16.9. The Morgan fingerprint density at radius 1 is 1.42 bits per heavy atom. The number of hydrogen-bond acceptors (Lipinski definition) is 5. The lowest BCUT2D eigenvalue weighted by Gasteiger charge is -2.12. The predicted molar refractivity (Wildman–Crippen MR) is 65.8 cm³/mol. The summed E-state index contributed by atoms with van der Waals surface area (Å²) in [4.78, 5) is 11.0. The molecule has 0 radical (unpaired) electrons. The van der Waals surface area contributed by atoms with Gasteiger partial charge in [0.1, 0.15) is 11.7 Å². The Bertz CT molecular complexity index is 551. The third-order valence-corrected chi connectivity index (χ3v) is 2.65. The van der Waals surface area contributed by atoms with Crippen molar-refractivity contribution in [1.29, 1.82) is 0 Å². The van der Waals surface area contributed by atoms with Gasteiger partial charge in [-0.05, 0) is 12.1 Å². The molecular formula is C13H16N2O4. The maximum Gasteiger partial charge on any atom is 0.304 e. The molecule has 0 aliphatic heterocycles. The Kier molecular flexibility index (Phi) is 3.42. The summed E-state index contributed by atoms with van der Waals surface area (Å²) in [6, 6.07) is 3.40. The fraction of sp³-hybridized carbons (Fsp3) is 0.462. The summed E-state index contributed by atoms with van der Waals surface area (Å²) in [6.45, 7) is 5.84. The summed E-state index contributed by atoms with van der Waals surface area (Å²) in [7, 11) is 0. The van der Waals surface area contributed by atoms with Crippen molar-refractivity contribution in [2.24, 2.45) is 0 Å². The molecule has 0 aliphatic carbocycles. The van der Waals surface area contributed by atoms with E-state index in [1.54, 1.807) is 12.1 Å². The molecule has 0 spiro atoms. The van der Waals surface area contributed by atoms with Crippen LogP contribution in [0.5, 0.6) is 0 Å². The van der Waals surface area contributed by atoms with E-state index in [1.807, 2.05) is 20.8 Å². The minimum absolute atomic E-state index is 0.153. The average molecular weight is 264 g/mol. The van der Waals surface area contributed by atoms with Crippen molar-refractivity contribution in [3.8, 4) is 0 Å². The number of aliphatic carboxylic acids is 1. The third-order valence-electron chi connectivity index (χ3n) is 2.65. The van der Waals surface area contributed by atoms with Crippen LogP contribution in [0.1, 0.15) is 50.7 Å². The van der Waals surface area contributed by atoms with Gasteiger partial charge in [0.05, 0.1) is 12.7 Å². The van der Waals surface area contributed by atoms with Crippen molar-refractivity contribution < 1.29 is 18.7 Å². The van der Waals surface area contributed by atoms with Gasteiger partial charge >= 0.3 is 5.97 Å². The van der Waals surface area contributed by atoms with Crippen LogP contribution >= 0.6 is 0 Å². The molecule has 102 valence electrons. The van der Waals surface area contributed by atoms with E-state index < -0.39 is 11.9 Å². The molecule has 6 nitrogen and oxygen atoms in total. The number of carboxylic acid groups (broad SMARTS) is 1. The highest BCUT2D eigenvalue weighted by Gasteiger charge is 2.29. The fourth-order valence-corrected chi connectivity index (χ4v) is 1.65. The molecule has 0 saturated heterocycles. The highest BCUT2D eigenvalue weighted by Crippen LogP contribution is 2.30. The molecule has 0 amide bonds. The van der Waals surface area contributed by atoms with Crippen molar-refractivity contribution in [1.82, 2.24) is 10.2 Å². The average Bonchev–Trinajstić information content (AvgIpc) is 2.96. The van der Waals surface area contributed by atoms with Gasteiger partial charge in [-0.25, -0.2) is 0 Å². The Morgan fingerprint density at radius 3 is 2.63 bits per heavy atom. The molecule has 0 saturated carbocycles.